The lowest BCUT2D eigenvalue weighted by Gasteiger charge is -2.39. The number of aliphatic carboxylic acids is 1. The standard InChI is InChI=1S/C14H26N2O3S/c1-11(2)7-15-3-5-19-12(8-15)9-16-4-6-20-10-13(16)14(17)18/h11-13H,3-10H2,1-2H3,(H,17,18). The number of thioether (sulfide) groups is 1. The maximum absolute atomic E-state index is 11.3. The minimum atomic E-state index is -0.702. The third kappa shape index (κ3) is 4.62. The van der Waals surface area contributed by atoms with Gasteiger partial charge in [0.1, 0.15) is 6.04 Å². The Balaban J connectivity index is 1.86. The van der Waals surface area contributed by atoms with Gasteiger partial charge < -0.3 is 9.84 Å². The van der Waals surface area contributed by atoms with E-state index in [-0.39, 0.29) is 12.1 Å². The van der Waals surface area contributed by atoms with Crippen LogP contribution < -0.4 is 0 Å². The molecular weight excluding hydrogens is 276 g/mol. The molecule has 2 heterocycles. The van der Waals surface area contributed by atoms with Crippen molar-refractivity contribution in [1.82, 2.24) is 9.80 Å². The molecule has 20 heavy (non-hydrogen) atoms. The molecule has 0 amide bonds. The van der Waals surface area contributed by atoms with Crippen LogP contribution in [0.15, 0.2) is 0 Å². The first-order valence-corrected chi connectivity index (χ1v) is 8.60. The van der Waals surface area contributed by atoms with Gasteiger partial charge in [0.2, 0.25) is 0 Å². The van der Waals surface area contributed by atoms with Gasteiger partial charge >= 0.3 is 5.97 Å². The number of carboxylic acid groups (broad SMARTS) is 1. The van der Waals surface area contributed by atoms with Crippen LogP contribution in [0.1, 0.15) is 13.8 Å². The summed E-state index contributed by atoms with van der Waals surface area (Å²) in [7, 11) is 0. The van der Waals surface area contributed by atoms with Crippen molar-refractivity contribution in [3.63, 3.8) is 0 Å². The van der Waals surface area contributed by atoms with Crippen molar-refractivity contribution < 1.29 is 14.6 Å². The number of morpholine rings is 1. The molecule has 6 heteroatoms. The Labute approximate surface area is 125 Å². The van der Waals surface area contributed by atoms with Gasteiger partial charge in [0.05, 0.1) is 12.7 Å². The summed E-state index contributed by atoms with van der Waals surface area (Å²) in [5.74, 6) is 1.67. The number of carboxylic acids is 1. The van der Waals surface area contributed by atoms with Crippen molar-refractivity contribution in [2.75, 3.05) is 50.8 Å². The molecule has 0 bridgehead atoms. The molecule has 2 rings (SSSR count). The van der Waals surface area contributed by atoms with Crippen molar-refractivity contribution in [1.29, 1.82) is 0 Å². The van der Waals surface area contributed by atoms with Gasteiger partial charge in [0, 0.05) is 44.2 Å². The predicted octanol–water partition coefficient (Wildman–Crippen LogP) is 0.845. The smallest absolute Gasteiger partial charge is 0.321 e. The van der Waals surface area contributed by atoms with Crippen molar-refractivity contribution in [2.45, 2.75) is 26.0 Å². The first-order chi connectivity index (χ1) is 9.56. The van der Waals surface area contributed by atoms with Crippen LogP contribution in [0.4, 0.5) is 0 Å². The van der Waals surface area contributed by atoms with Crippen LogP contribution in [-0.4, -0.2) is 83.9 Å². The molecule has 2 saturated heterocycles. The molecule has 2 aliphatic heterocycles. The second-order valence-electron chi connectivity index (χ2n) is 6.07. The topological polar surface area (TPSA) is 53.0 Å². The monoisotopic (exact) mass is 302 g/mol. The first-order valence-electron chi connectivity index (χ1n) is 7.45. The molecule has 0 aromatic rings. The van der Waals surface area contributed by atoms with Gasteiger partial charge in [-0.05, 0) is 5.92 Å². The quantitative estimate of drug-likeness (QED) is 0.812. The summed E-state index contributed by atoms with van der Waals surface area (Å²) in [6.45, 7) is 9.83. The minimum absolute atomic E-state index is 0.146. The molecule has 2 aliphatic rings. The molecule has 0 aromatic heterocycles. The summed E-state index contributed by atoms with van der Waals surface area (Å²) in [4.78, 5) is 15.8. The van der Waals surface area contributed by atoms with E-state index >= 15 is 0 Å². The molecule has 0 spiro atoms. The number of carbonyl (C=O) groups is 1. The van der Waals surface area contributed by atoms with Gasteiger partial charge in [0.15, 0.2) is 0 Å². The molecule has 2 unspecified atom stereocenters. The van der Waals surface area contributed by atoms with Gasteiger partial charge in [-0.1, -0.05) is 13.8 Å². The first kappa shape index (κ1) is 16.1. The summed E-state index contributed by atoms with van der Waals surface area (Å²) in [6, 6.07) is -0.349. The van der Waals surface area contributed by atoms with E-state index in [4.69, 9.17) is 4.74 Å². The van der Waals surface area contributed by atoms with Crippen molar-refractivity contribution >= 4 is 17.7 Å². The van der Waals surface area contributed by atoms with E-state index in [1.54, 1.807) is 11.8 Å². The normalized spacial score (nSPS) is 29.8. The van der Waals surface area contributed by atoms with E-state index in [2.05, 4.69) is 23.6 Å². The zero-order valence-electron chi connectivity index (χ0n) is 12.5. The van der Waals surface area contributed by atoms with Gasteiger partial charge in [-0.3, -0.25) is 14.6 Å². The van der Waals surface area contributed by atoms with Crippen LogP contribution in [0.3, 0.4) is 0 Å². The molecule has 116 valence electrons. The number of hydrogen-bond acceptors (Lipinski definition) is 5. The predicted molar refractivity (Wildman–Crippen MR) is 81.3 cm³/mol. The van der Waals surface area contributed by atoms with E-state index in [0.29, 0.717) is 11.7 Å². The Kier molecular flexibility index (Phi) is 6.14. The van der Waals surface area contributed by atoms with E-state index in [1.807, 2.05) is 0 Å². The lowest BCUT2D eigenvalue weighted by Crippen LogP contribution is -2.54. The number of nitrogens with zero attached hydrogens (tertiary/aromatic N) is 2. The Hall–Kier alpha value is -0.300. The lowest BCUT2D eigenvalue weighted by atomic mass is 10.1. The van der Waals surface area contributed by atoms with E-state index < -0.39 is 5.97 Å². The fraction of sp³-hybridized carbons (Fsp3) is 0.929. The van der Waals surface area contributed by atoms with Gasteiger partial charge in [-0.25, -0.2) is 0 Å². The molecule has 2 atom stereocenters. The van der Waals surface area contributed by atoms with Crippen molar-refractivity contribution in [3.8, 4) is 0 Å². The number of ether oxygens (including phenoxy) is 1. The zero-order valence-corrected chi connectivity index (χ0v) is 13.3. The molecule has 1 N–H and O–H groups in total. The number of rotatable bonds is 5. The Bertz CT molecular complexity index is 328. The Morgan fingerprint density at radius 1 is 1.45 bits per heavy atom. The SMILES string of the molecule is CC(C)CN1CCOC(CN2CCSCC2C(=O)O)C1. The largest absolute Gasteiger partial charge is 0.480 e. The van der Waals surface area contributed by atoms with Gasteiger partial charge in [-0.2, -0.15) is 11.8 Å². The van der Waals surface area contributed by atoms with Crippen LogP contribution in [-0.2, 0) is 9.53 Å². The summed E-state index contributed by atoms with van der Waals surface area (Å²) >= 11 is 1.73. The minimum Gasteiger partial charge on any atom is -0.480 e. The summed E-state index contributed by atoms with van der Waals surface area (Å²) in [6.07, 6.45) is 0.146. The van der Waals surface area contributed by atoms with E-state index in [1.165, 1.54) is 0 Å². The summed E-state index contributed by atoms with van der Waals surface area (Å²) in [5.41, 5.74) is 0. The van der Waals surface area contributed by atoms with Crippen LogP contribution in [0.25, 0.3) is 0 Å². The van der Waals surface area contributed by atoms with Gasteiger partial charge in [0.25, 0.3) is 0 Å². The maximum Gasteiger partial charge on any atom is 0.321 e. The highest BCUT2D eigenvalue weighted by atomic mass is 32.2. The highest BCUT2D eigenvalue weighted by Gasteiger charge is 2.32. The van der Waals surface area contributed by atoms with Gasteiger partial charge in [-0.15, -0.1) is 0 Å². The third-order valence-corrected chi connectivity index (χ3v) is 4.83. The fourth-order valence-electron chi connectivity index (χ4n) is 2.92. The lowest BCUT2D eigenvalue weighted by molar-refractivity contribution is -0.143. The number of hydrogen-bond donors (Lipinski definition) is 1. The summed E-state index contributed by atoms with van der Waals surface area (Å²) < 4.78 is 5.84. The van der Waals surface area contributed by atoms with Crippen molar-refractivity contribution in [3.05, 3.63) is 0 Å². The molecular formula is C14H26N2O3S. The van der Waals surface area contributed by atoms with Crippen LogP contribution >= 0.6 is 11.8 Å². The molecule has 5 nitrogen and oxygen atoms in total. The third-order valence-electron chi connectivity index (χ3n) is 3.81. The maximum atomic E-state index is 11.3. The molecule has 0 aromatic carbocycles. The van der Waals surface area contributed by atoms with Crippen molar-refractivity contribution in [2.24, 2.45) is 5.92 Å². The van der Waals surface area contributed by atoms with Crippen LogP contribution in [0, 0.1) is 5.92 Å². The summed E-state index contributed by atoms with van der Waals surface area (Å²) in [5, 5.41) is 9.30. The average molecular weight is 302 g/mol. The average Bonchev–Trinajstić information content (AvgIpc) is 2.38. The highest BCUT2D eigenvalue weighted by Crippen LogP contribution is 2.18. The molecule has 2 fully saturated rings. The van der Waals surface area contributed by atoms with Crippen LogP contribution in [0.5, 0.6) is 0 Å². The van der Waals surface area contributed by atoms with Crippen LogP contribution in [0.2, 0.25) is 0 Å². The second-order valence-corrected chi connectivity index (χ2v) is 7.22. The molecule has 0 radical (unpaired) electrons. The Morgan fingerprint density at radius 2 is 2.25 bits per heavy atom. The molecule has 0 aliphatic carbocycles. The fourth-order valence-corrected chi connectivity index (χ4v) is 4.03. The highest BCUT2D eigenvalue weighted by molar-refractivity contribution is 7.99. The van der Waals surface area contributed by atoms with E-state index in [0.717, 1.165) is 45.1 Å². The van der Waals surface area contributed by atoms with E-state index in [9.17, 15) is 9.90 Å². The zero-order chi connectivity index (χ0) is 14.5. The second kappa shape index (κ2) is 7.64. The Morgan fingerprint density at radius 3 is 2.95 bits per heavy atom. The molecule has 0 saturated carbocycles.